The molecule has 1 N–H and O–H groups in total. The Morgan fingerprint density at radius 2 is 1.71 bits per heavy atom. The summed E-state index contributed by atoms with van der Waals surface area (Å²) in [5.41, 5.74) is 0.0484. The molecule has 0 saturated heterocycles. The molecule has 2 aromatic carbocycles. The van der Waals surface area contributed by atoms with E-state index in [9.17, 15) is 33.2 Å². The van der Waals surface area contributed by atoms with Gasteiger partial charge >= 0.3 is 5.97 Å². The average molecular weight is 406 g/mol. The van der Waals surface area contributed by atoms with E-state index in [0.29, 0.717) is 9.87 Å². The van der Waals surface area contributed by atoms with Crippen molar-refractivity contribution in [3.05, 3.63) is 69.8 Å². The molecule has 0 aliphatic carbocycles. The van der Waals surface area contributed by atoms with Gasteiger partial charge in [-0.05, 0) is 26.0 Å². The Bertz CT molecular complexity index is 1020. The summed E-state index contributed by atoms with van der Waals surface area (Å²) in [6.45, 7) is 2.01. The molecule has 0 fully saturated rings. The maximum atomic E-state index is 13.1. The van der Waals surface area contributed by atoms with Crippen LogP contribution in [0.5, 0.6) is 0 Å². The lowest BCUT2D eigenvalue weighted by molar-refractivity contribution is -0.385. The van der Waals surface area contributed by atoms with Gasteiger partial charge in [0.25, 0.3) is 5.69 Å². The molecule has 0 aliphatic heterocycles. The number of ketones is 1. The average Bonchev–Trinajstić information content (AvgIpc) is 2.65. The fourth-order valence-corrected chi connectivity index (χ4v) is 4.11. The number of hydrogen-bond acceptors (Lipinski definition) is 6. The molecule has 148 valence electrons. The number of aliphatic carboxylic acids is 1. The van der Waals surface area contributed by atoms with Crippen LogP contribution in [0.25, 0.3) is 0 Å². The summed E-state index contributed by atoms with van der Waals surface area (Å²) in [7, 11) is -4.31. The monoisotopic (exact) mass is 406 g/mol. The van der Waals surface area contributed by atoms with Gasteiger partial charge in [-0.15, -0.1) is 0 Å². The highest BCUT2D eigenvalue weighted by Gasteiger charge is 2.34. The van der Waals surface area contributed by atoms with Gasteiger partial charge in [0.05, 0.1) is 9.82 Å². The van der Waals surface area contributed by atoms with Crippen LogP contribution < -0.4 is 0 Å². The summed E-state index contributed by atoms with van der Waals surface area (Å²) in [4.78, 5) is 33.2. The van der Waals surface area contributed by atoms with E-state index >= 15 is 0 Å². The third-order valence-electron chi connectivity index (χ3n) is 4.17. The number of carboxylic acid groups (broad SMARTS) is 1. The lowest BCUT2D eigenvalue weighted by atomic mass is 10.1. The molecule has 0 aliphatic rings. The summed E-state index contributed by atoms with van der Waals surface area (Å²) in [6.07, 6.45) is 0. The first kappa shape index (κ1) is 21.2. The van der Waals surface area contributed by atoms with Crippen LogP contribution >= 0.6 is 0 Å². The van der Waals surface area contributed by atoms with Gasteiger partial charge in [0, 0.05) is 23.7 Å². The number of rotatable bonds is 8. The smallest absolute Gasteiger partial charge is 0.321 e. The predicted octanol–water partition coefficient (Wildman–Crippen LogP) is 2.46. The lowest BCUT2D eigenvalue weighted by Gasteiger charge is -2.25. The lowest BCUT2D eigenvalue weighted by Crippen LogP contribution is -2.42. The second kappa shape index (κ2) is 8.28. The van der Waals surface area contributed by atoms with Crippen molar-refractivity contribution in [3.8, 4) is 0 Å². The number of carboxylic acids is 1. The zero-order valence-electron chi connectivity index (χ0n) is 15.1. The topological polar surface area (TPSA) is 135 Å². The van der Waals surface area contributed by atoms with Crippen molar-refractivity contribution in [1.29, 1.82) is 0 Å². The minimum Gasteiger partial charge on any atom is -0.480 e. The van der Waals surface area contributed by atoms with Crippen molar-refractivity contribution in [3.63, 3.8) is 0 Å². The van der Waals surface area contributed by atoms with Gasteiger partial charge in [-0.3, -0.25) is 19.7 Å². The van der Waals surface area contributed by atoms with E-state index in [0.717, 1.165) is 0 Å². The normalized spacial score (nSPS) is 12.5. The molecule has 0 saturated carbocycles. The van der Waals surface area contributed by atoms with Crippen molar-refractivity contribution >= 4 is 27.5 Å². The van der Waals surface area contributed by atoms with Crippen LogP contribution in [0.3, 0.4) is 0 Å². The van der Waals surface area contributed by atoms with E-state index in [2.05, 4.69) is 0 Å². The van der Waals surface area contributed by atoms with Crippen LogP contribution in [-0.2, 0) is 21.4 Å². The number of nitro benzene ring substituents is 1. The highest BCUT2D eigenvalue weighted by molar-refractivity contribution is 7.89. The minimum atomic E-state index is -4.31. The van der Waals surface area contributed by atoms with Crippen molar-refractivity contribution < 1.29 is 28.0 Å². The molecular formula is C18H18N2O7S. The molecule has 10 heteroatoms. The van der Waals surface area contributed by atoms with Crippen molar-refractivity contribution in [2.75, 3.05) is 0 Å². The van der Waals surface area contributed by atoms with Crippen LogP contribution in [0.2, 0.25) is 0 Å². The molecule has 2 rings (SSSR count). The Morgan fingerprint density at radius 1 is 1.14 bits per heavy atom. The van der Waals surface area contributed by atoms with Gasteiger partial charge in [0.15, 0.2) is 5.78 Å². The van der Waals surface area contributed by atoms with E-state index in [4.69, 9.17) is 0 Å². The number of nitro groups is 1. The van der Waals surface area contributed by atoms with Crippen molar-refractivity contribution in [2.45, 2.75) is 31.3 Å². The van der Waals surface area contributed by atoms with Crippen molar-refractivity contribution in [1.82, 2.24) is 4.31 Å². The molecule has 0 amide bonds. The Hall–Kier alpha value is -3.11. The van der Waals surface area contributed by atoms with Crippen LogP contribution in [-0.4, -0.2) is 40.5 Å². The molecule has 0 bridgehead atoms. The van der Waals surface area contributed by atoms with E-state index in [1.165, 1.54) is 62.4 Å². The number of sulfonamides is 1. The summed E-state index contributed by atoms with van der Waals surface area (Å²) < 4.78 is 26.8. The number of Topliss-reactive ketones (excluding diaryl/α,β-unsaturated/α-hetero) is 1. The second-order valence-corrected chi connectivity index (χ2v) is 7.92. The van der Waals surface area contributed by atoms with Gasteiger partial charge in [-0.1, -0.05) is 30.3 Å². The van der Waals surface area contributed by atoms with E-state index in [1.807, 2.05) is 0 Å². The number of para-hydroxylation sites is 1. The predicted molar refractivity (Wildman–Crippen MR) is 99.4 cm³/mol. The third kappa shape index (κ3) is 4.41. The standard InChI is InChI=1S/C18H18N2O7S/c1-12(18(22)23)19(11-15-5-3-4-6-17(15)20(24)25)28(26,27)16-9-7-14(8-10-16)13(2)21/h3-10,12H,11H2,1-2H3,(H,22,23)/t12-/m0/s1. The summed E-state index contributed by atoms with van der Waals surface area (Å²) >= 11 is 0. The fraction of sp³-hybridized carbons (Fsp3) is 0.222. The first-order valence-corrected chi connectivity index (χ1v) is 9.57. The Morgan fingerprint density at radius 3 is 2.21 bits per heavy atom. The molecule has 0 aromatic heterocycles. The van der Waals surface area contributed by atoms with Gasteiger partial charge < -0.3 is 5.11 Å². The number of carbonyl (C=O) groups is 2. The maximum absolute atomic E-state index is 13.1. The zero-order chi connectivity index (χ0) is 21.1. The molecule has 28 heavy (non-hydrogen) atoms. The minimum absolute atomic E-state index is 0.0598. The van der Waals surface area contributed by atoms with E-state index in [-0.39, 0.29) is 21.9 Å². The third-order valence-corrected chi connectivity index (χ3v) is 6.10. The highest BCUT2D eigenvalue weighted by atomic mass is 32.2. The number of carbonyl (C=O) groups excluding carboxylic acids is 1. The van der Waals surface area contributed by atoms with E-state index < -0.39 is 33.5 Å². The van der Waals surface area contributed by atoms with E-state index in [1.54, 1.807) is 0 Å². The van der Waals surface area contributed by atoms with Gasteiger partial charge in [-0.25, -0.2) is 8.42 Å². The highest BCUT2D eigenvalue weighted by Crippen LogP contribution is 2.26. The quantitative estimate of drug-likeness (QED) is 0.404. The van der Waals surface area contributed by atoms with Gasteiger partial charge in [-0.2, -0.15) is 4.31 Å². The van der Waals surface area contributed by atoms with Crippen LogP contribution in [0.15, 0.2) is 53.4 Å². The first-order valence-electron chi connectivity index (χ1n) is 8.13. The molecule has 0 radical (unpaired) electrons. The summed E-state index contributed by atoms with van der Waals surface area (Å²) in [5, 5.41) is 20.6. The van der Waals surface area contributed by atoms with Crippen LogP contribution in [0.1, 0.15) is 29.8 Å². The van der Waals surface area contributed by atoms with Crippen LogP contribution in [0.4, 0.5) is 5.69 Å². The fourth-order valence-electron chi connectivity index (χ4n) is 2.54. The number of hydrogen-bond donors (Lipinski definition) is 1. The molecule has 0 spiro atoms. The largest absolute Gasteiger partial charge is 0.480 e. The number of nitrogens with zero attached hydrogens (tertiary/aromatic N) is 2. The second-order valence-electron chi connectivity index (χ2n) is 6.03. The summed E-state index contributed by atoms with van der Waals surface area (Å²) in [5.74, 6) is -1.65. The Balaban J connectivity index is 2.52. The zero-order valence-corrected chi connectivity index (χ0v) is 15.9. The van der Waals surface area contributed by atoms with Gasteiger partial charge in [0.2, 0.25) is 10.0 Å². The molecule has 0 heterocycles. The number of benzene rings is 2. The molecular weight excluding hydrogens is 388 g/mol. The molecule has 9 nitrogen and oxygen atoms in total. The summed E-state index contributed by atoms with van der Waals surface area (Å²) in [6, 6.07) is 9.09. The SMILES string of the molecule is CC(=O)c1ccc(S(=O)(=O)N(Cc2ccccc2[N+](=O)[O-])[C@@H](C)C(=O)O)cc1. The first-order chi connectivity index (χ1) is 13.1. The Kier molecular flexibility index (Phi) is 6.26. The molecule has 0 unspecified atom stereocenters. The molecule has 1 atom stereocenters. The molecule has 2 aromatic rings. The maximum Gasteiger partial charge on any atom is 0.321 e. The van der Waals surface area contributed by atoms with Gasteiger partial charge in [0.1, 0.15) is 6.04 Å². The van der Waals surface area contributed by atoms with Crippen molar-refractivity contribution in [2.24, 2.45) is 0 Å². The Labute approximate surface area is 161 Å². The van der Waals surface area contributed by atoms with Crippen LogP contribution in [0, 0.1) is 10.1 Å².